The Bertz CT molecular complexity index is 1960. The summed E-state index contributed by atoms with van der Waals surface area (Å²) >= 11 is 0. The van der Waals surface area contributed by atoms with Crippen LogP contribution in [0.2, 0.25) is 0 Å². The number of carbonyl (C=O) groups excluding carboxylic acids is 6. The number of carboxylic acid groups (broad SMARTS) is 2. The molecule has 2 aliphatic heterocycles. The van der Waals surface area contributed by atoms with Gasteiger partial charge in [-0.15, -0.1) is 0 Å². The van der Waals surface area contributed by atoms with E-state index in [4.69, 9.17) is 0 Å². The molecular formula is C36H28N2O8-2. The van der Waals surface area contributed by atoms with Crippen LogP contribution in [0.25, 0.3) is 43.1 Å². The van der Waals surface area contributed by atoms with Crippen LogP contribution in [0.5, 0.6) is 0 Å². The number of hydrogen-bond acceptors (Lipinski definition) is 8. The largest absolute Gasteiger partial charge is 0.548 e. The molecule has 4 amide bonds. The summed E-state index contributed by atoms with van der Waals surface area (Å²) in [5, 5.41) is 29.0. The predicted molar refractivity (Wildman–Crippen MR) is 165 cm³/mol. The molecule has 46 heavy (non-hydrogen) atoms. The zero-order valence-electron chi connectivity index (χ0n) is 25.5. The molecule has 2 heterocycles. The van der Waals surface area contributed by atoms with Gasteiger partial charge in [0, 0.05) is 33.0 Å². The first-order chi connectivity index (χ1) is 21.8. The molecule has 10 nitrogen and oxygen atoms in total. The predicted octanol–water partition coefficient (Wildman–Crippen LogP) is 3.26. The van der Waals surface area contributed by atoms with Gasteiger partial charge >= 0.3 is 0 Å². The minimum absolute atomic E-state index is 0.0462. The number of nitrogens with zero attached hydrogens (tertiary/aromatic N) is 2. The molecule has 2 atom stereocenters. The minimum atomic E-state index is -1.50. The number of carbonyl (C=O) groups is 6. The summed E-state index contributed by atoms with van der Waals surface area (Å²) in [7, 11) is 0. The maximum absolute atomic E-state index is 13.8. The Morgan fingerprint density at radius 2 is 0.761 bits per heavy atom. The Kier molecular flexibility index (Phi) is 6.42. The van der Waals surface area contributed by atoms with E-state index in [1.807, 2.05) is 0 Å². The SMILES string of the molecule is CC(C)CC(C(=O)[O-])N1C(=O)c2ccc3c4ccc5c6c(ccc(c7ccc(c2c37)C1=O)c64)C(=O)N(C(CC(C)C)C(=O)[O-])C5=O. The van der Waals surface area contributed by atoms with Crippen LogP contribution in [0.4, 0.5) is 0 Å². The fourth-order valence-corrected chi connectivity index (χ4v) is 7.38. The molecule has 0 radical (unpaired) electrons. The van der Waals surface area contributed by atoms with E-state index in [-0.39, 0.29) is 46.9 Å². The highest BCUT2D eigenvalue weighted by molar-refractivity contribution is 6.41. The number of carboxylic acids is 2. The minimum Gasteiger partial charge on any atom is -0.548 e. The number of rotatable bonds is 8. The average Bonchev–Trinajstić information content (AvgIpc) is 3.00. The first-order valence-electron chi connectivity index (χ1n) is 15.2. The first kappa shape index (κ1) is 29.3. The van der Waals surface area contributed by atoms with Crippen molar-refractivity contribution in [1.29, 1.82) is 0 Å². The fourth-order valence-electron chi connectivity index (χ4n) is 7.38. The molecule has 232 valence electrons. The average molecular weight is 617 g/mol. The molecule has 0 saturated carbocycles. The summed E-state index contributed by atoms with van der Waals surface area (Å²) in [6, 6.07) is 10.3. The normalized spacial score (nSPS) is 16.2. The monoisotopic (exact) mass is 616 g/mol. The second-order valence-corrected chi connectivity index (χ2v) is 13.0. The number of fused-ring (bicyclic) bond motifs is 2. The van der Waals surface area contributed by atoms with Crippen LogP contribution in [-0.4, -0.2) is 57.5 Å². The highest BCUT2D eigenvalue weighted by Crippen LogP contribution is 2.46. The standard InChI is InChI=1S/C36H30N2O8/c1-15(2)13-25(35(43)44)37-31(39)21-9-5-17-19-7-11-23-30-24(34(42)38(33(23)41)26(36(45)46)14-16(3)4)12-8-20(28(19)30)18-6-10-22(32(37)40)29(21)27(17)18/h5-12,15-16,25-26H,13-14H2,1-4H3,(H,43,44)(H,45,46)/p-2. The Morgan fingerprint density at radius 1 is 0.500 bits per heavy atom. The van der Waals surface area contributed by atoms with Crippen molar-refractivity contribution >= 4 is 78.7 Å². The lowest BCUT2D eigenvalue weighted by Gasteiger charge is -2.36. The van der Waals surface area contributed by atoms with E-state index in [0.717, 1.165) is 9.80 Å². The van der Waals surface area contributed by atoms with Gasteiger partial charge in [0.05, 0.1) is 24.0 Å². The fraction of sp³-hybridized carbons (Fsp3) is 0.278. The zero-order chi connectivity index (χ0) is 32.9. The highest BCUT2D eigenvalue weighted by atomic mass is 16.4. The first-order valence-corrected chi connectivity index (χ1v) is 15.2. The van der Waals surface area contributed by atoms with Gasteiger partial charge in [0.1, 0.15) is 0 Å². The number of amides is 4. The van der Waals surface area contributed by atoms with Crippen molar-refractivity contribution in [2.45, 2.75) is 52.6 Å². The molecule has 2 aliphatic rings. The van der Waals surface area contributed by atoms with E-state index < -0.39 is 47.7 Å². The van der Waals surface area contributed by atoms with Crippen molar-refractivity contribution in [1.82, 2.24) is 9.80 Å². The Hall–Kier alpha value is -5.38. The van der Waals surface area contributed by atoms with Gasteiger partial charge in [-0.3, -0.25) is 29.0 Å². The molecule has 2 unspecified atom stereocenters. The molecule has 5 aromatic carbocycles. The van der Waals surface area contributed by atoms with E-state index in [0.29, 0.717) is 43.1 Å². The number of benzene rings is 5. The van der Waals surface area contributed by atoms with E-state index in [9.17, 15) is 39.0 Å². The number of aliphatic carboxylic acids is 2. The molecule has 0 bridgehead atoms. The summed E-state index contributed by atoms with van der Waals surface area (Å²) in [6.07, 6.45) is 0.0924. The van der Waals surface area contributed by atoms with Gasteiger partial charge in [-0.2, -0.15) is 0 Å². The highest BCUT2D eigenvalue weighted by Gasteiger charge is 2.41. The van der Waals surface area contributed by atoms with Crippen molar-refractivity contribution in [2.75, 3.05) is 0 Å². The molecule has 0 aromatic heterocycles. The van der Waals surface area contributed by atoms with Crippen molar-refractivity contribution in [3.8, 4) is 0 Å². The lowest BCUT2D eigenvalue weighted by molar-refractivity contribution is -0.311. The molecule has 7 rings (SSSR count). The van der Waals surface area contributed by atoms with E-state index in [1.165, 1.54) is 0 Å². The Labute approximate surface area is 262 Å². The Balaban J connectivity index is 1.48. The summed E-state index contributed by atoms with van der Waals surface area (Å²) < 4.78 is 0. The van der Waals surface area contributed by atoms with Crippen LogP contribution < -0.4 is 10.2 Å². The van der Waals surface area contributed by atoms with Crippen molar-refractivity contribution in [2.24, 2.45) is 11.8 Å². The van der Waals surface area contributed by atoms with Gasteiger partial charge in [0.2, 0.25) is 0 Å². The van der Waals surface area contributed by atoms with E-state index in [1.54, 1.807) is 76.2 Å². The lowest BCUT2D eigenvalue weighted by atomic mass is 9.81. The topological polar surface area (TPSA) is 155 Å². The summed E-state index contributed by atoms with van der Waals surface area (Å²) in [4.78, 5) is 81.0. The molecular weight excluding hydrogens is 588 g/mol. The van der Waals surface area contributed by atoms with Crippen LogP contribution in [0.1, 0.15) is 82.0 Å². The summed E-state index contributed by atoms with van der Waals surface area (Å²) in [5.41, 5.74) is 0.773. The molecule has 0 N–H and O–H groups in total. The smallest absolute Gasteiger partial charge is 0.262 e. The lowest BCUT2D eigenvalue weighted by Crippen LogP contribution is -2.55. The van der Waals surface area contributed by atoms with E-state index >= 15 is 0 Å². The molecule has 10 heteroatoms. The van der Waals surface area contributed by atoms with Gasteiger partial charge in [-0.05, 0) is 81.3 Å². The third kappa shape index (κ3) is 3.88. The molecule has 5 aromatic rings. The maximum atomic E-state index is 13.8. The van der Waals surface area contributed by atoms with Crippen LogP contribution in [0.3, 0.4) is 0 Å². The van der Waals surface area contributed by atoms with Crippen LogP contribution in [0, 0.1) is 11.8 Å². The maximum Gasteiger partial charge on any atom is 0.262 e. The van der Waals surface area contributed by atoms with Gasteiger partial charge in [0.25, 0.3) is 23.6 Å². The van der Waals surface area contributed by atoms with Crippen LogP contribution in [-0.2, 0) is 9.59 Å². The van der Waals surface area contributed by atoms with Crippen LogP contribution in [0.15, 0.2) is 48.5 Å². The molecule has 0 fully saturated rings. The zero-order valence-corrected chi connectivity index (χ0v) is 25.5. The van der Waals surface area contributed by atoms with Gasteiger partial charge < -0.3 is 19.8 Å². The third-order valence-electron chi connectivity index (χ3n) is 9.26. The van der Waals surface area contributed by atoms with Gasteiger partial charge in [-0.1, -0.05) is 52.0 Å². The third-order valence-corrected chi connectivity index (χ3v) is 9.26. The van der Waals surface area contributed by atoms with Crippen molar-refractivity contribution in [3.63, 3.8) is 0 Å². The van der Waals surface area contributed by atoms with Crippen molar-refractivity contribution in [3.05, 3.63) is 70.8 Å². The molecule has 0 aliphatic carbocycles. The quantitative estimate of drug-likeness (QED) is 0.146. The van der Waals surface area contributed by atoms with Gasteiger partial charge in [-0.25, -0.2) is 0 Å². The second kappa shape index (κ2) is 10.1. The summed E-state index contributed by atoms with van der Waals surface area (Å²) in [6.45, 7) is 7.20. The molecule has 0 saturated heterocycles. The number of imide groups is 2. The molecule has 0 spiro atoms. The van der Waals surface area contributed by atoms with Crippen molar-refractivity contribution < 1.29 is 39.0 Å². The van der Waals surface area contributed by atoms with E-state index in [2.05, 4.69) is 0 Å². The van der Waals surface area contributed by atoms with Crippen LogP contribution >= 0.6 is 0 Å². The summed E-state index contributed by atoms with van der Waals surface area (Å²) in [5.74, 6) is -6.11. The van der Waals surface area contributed by atoms with Gasteiger partial charge in [0.15, 0.2) is 0 Å². The second-order valence-electron chi connectivity index (χ2n) is 13.0. The Morgan fingerprint density at radius 3 is 0.978 bits per heavy atom. The number of hydrogen-bond donors (Lipinski definition) is 0.